The molecule has 4 atom stereocenters. The molecule has 0 saturated heterocycles. The molecule has 2 aliphatic carbocycles. The third-order valence-electron chi connectivity index (χ3n) is 5.42. The van der Waals surface area contributed by atoms with Gasteiger partial charge in [-0.25, -0.2) is 0 Å². The van der Waals surface area contributed by atoms with Crippen LogP contribution in [0.3, 0.4) is 0 Å². The third kappa shape index (κ3) is 1.67. The van der Waals surface area contributed by atoms with Crippen molar-refractivity contribution in [2.45, 2.75) is 38.5 Å². The largest absolute Gasteiger partial charge is 0.198 e. The predicted octanol–water partition coefficient (Wildman–Crippen LogP) is 4.15. The lowest BCUT2D eigenvalue weighted by molar-refractivity contribution is 0.185. The van der Waals surface area contributed by atoms with Gasteiger partial charge in [0.2, 0.25) is 0 Å². The number of nitriles is 1. The van der Waals surface area contributed by atoms with Gasteiger partial charge in [-0.2, -0.15) is 5.26 Å². The number of benzene rings is 1. The molecule has 0 amide bonds. The van der Waals surface area contributed by atoms with E-state index in [0.29, 0.717) is 17.8 Å². The van der Waals surface area contributed by atoms with Crippen molar-refractivity contribution in [3.63, 3.8) is 0 Å². The fourth-order valence-corrected chi connectivity index (χ4v) is 4.41. The number of hydrogen-bond donors (Lipinski definition) is 0. The second kappa shape index (κ2) is 4.12. The molecule has 4 unspecified atom stereocenters. The summed E-state index contributed by atoms with van der Waals surface area (Å²) in [6.07, 6.45) is 3.77. The van der Waals surface area contributed by atoms with Gasteiger partial charge < -0.3 is 0 Å². The van der Waals surface area contributed by atoms with Gasteiger partial charge >= 0.3 is 0 Å². The molecule has 2 fully saturated rings. The molecule has 0 N–H and O–H groups in total. The fraction of sp³-hybridized carbons (Fsp3) is 0.588. The van der Waals surface area contributed by atoms with Crippen LogP contribution >= 0.6 is 0 Å². The molecule has 1 heteroatoms. The molecule has 2 saturated carbocycles. The summed E-state index contributed by atoms with van der Waals surface area (Å²) < 4.78 is 0. The van der Waals surface area contributed by atoms with E-state index in [9.17, 15) is 5.26 Å². The molecule has 18 heavy (non-hydrogen) atoms. The SMILES string of the molecule is CC(C)(c1ccccc1)C1CC2CC(C#N)C1C2. The van der Waals surface area contributed by atoms with Gasteiger partial charge in [0.25, 0.3) is 0 Å². The van der Waals surface area contributed by atoms with Crippen LogP contribution in [0.5, 0.6) is 0 Å². The van der Waals surface area contributed by atoms with Gasteiger partial charge in [-0.3, -0.25) is 0 Å². The second-order valence-electron chi connectivity index (χ2n) is 6.67. The Labute approximate surface area is 110 Å². The van der Waals surface area contributed by atoms with E-state index in [1.807, 2.05) is 0 Å². The average molecular weight is 239 g/mol. The maximum Gasteiger partial charge on any atom is 0.0658 e. The van der Waals surface area contributed by atoms with Gasteiger partial charge in [-0.05, 0) is 48.0 Å². The van der Waals surface area contributed by atoms with Crippen molar-refractivity contribution >= 4 is 0 Å². The molecule has 2 aliphatic rings. The quantitative estimate of drug-likeness (QED) is 0.760. The van der Waals surface area contributed by atoms with Crippen molar-refractivity contribution in [3.05, 3.63) is 35.9 Å². The fourth-order valence-electron chi connectivity index (χ4n) is 4.41. The van der Waals surface area contributed by atoms with Crippen molar-refractivity contribution in [2.24, 2.45) is 23.7 Å². The molecule has 1 aromatic rings. The number of nitrogens with zero attached hydrogens (tertiary/aromatic N) is 1. The molecule has 0 aliphatic heterocycles. The van der Waals surface area contributed by atoms with Crippen LogP contribution in [0.2, 0.25) is 0 Å². The Morgan fingerprint density at radius 2 is 1.83 bits per heavy atom. The van der Waals surface area contributed by atoms with Crippen LogP contribution in [0.15, 0.2) is 30.3 Å². The highest BCUT2D eigenvalue weighted by Gasteiger charge is 2.51. The molecular formula is C17H21N. The maximum atomic E-state index is 9.29. The van der Waals surface area contributed by atoms with Crippen molar-refractivity contribution < 1.29 is 0 Å². The van der Waals surface area contributed by atoms with Gasteiger partial charge in [0.1, 0.15) is 0 Å². The first-order chi connectivity index (χ1) is 8.63. The first-order valence-electron chi connectivity index (χ1n) is 7.08. The van der Waals surface area contributed by atoms with Gasteiger partial charge in [0, 0.05) is 5.92 Å². The zero-order valence-electron chi connectivity index (χ0n) is 11.3. The Bertz CT molecular complexity index is 468. The van der Waals surface area contributed by atoms with Crippen LogP contribution in [0, 0.1) is 35.0 Å². The van der Waals surface area contributed by atoms with E-state index < -0.39 is 0 Å². The summed E-state index contributed by atoms with van der Waals surface area (Å²) in [5.41, 5.74) is 1.63. The van der Waals surface area contributed by atoms with Gasteiger partial charge in [0.15, 0.2) is 0 Å². The molecule has 0 aromatic heterocycles. The minimum atomic E-state index is 0.205. The van der Waals surface area contributed by atoms with E-state index in [4.69, 9.17) is 0 Å². The minimum absolute atomic E-state index is 0.205. The smallest absolute Gasteiger partial charge is 0.0658 e. The Morgan fingerprint density at radius 1 is 1.11 bits per heavy atom. The topological polar surface area (TPSA) is 23.8 Å². The maximum absolute atomic E-state index is 9.29. The second-order valence-corrected chi connectivity index (χ2v) is 6.67. The lowest BCUT2D eigenvalue weighted by atomic mass is 9.64. The highest BCUT2D eigenvalue weighted by Crippen LogP contribution is 2.57. The summed E-state index contributed by atoms with van der Waals surface area (Å²) in [5, 5.41) is 9.29. The summed E-state index contributed by atoms with van der Waals surface area (Å²) >= 11 is 0. The normalized spacial score (nSPS) is 34.5. The van der Waals surface area contributed by atoms with E-state index >= 15 is 0 Å². The molecule has 0 spiro atoms. The van der Waals surface area contributed by atoms with Crippen LogP contribution in [0.25, 0.3) is 0 Å². The molecular weight excluding hydrogens is 218 g/mol. The molecule has 1 nitrogen and oxygen atoms in total. The summed E-state index contributed by atoms with van der Waals surface area (Å²) in [6.45, 7) is 4.73. The number of rotatable bonds is 2. The van der Waals surface area contributed by atoms with E-state index in [0.717, 1.165) is 12.3 Å². The van der Waals surface area contributed by atoms with E-state index in [2.05, 4.69) is 50.2 Å². The van der Waals surface area contributed by atoms with E-state index in [1.54, 1.807) is 0 Å². The standard InChI is InChI=1S/C17H21N/c1-17(2,14-6-4-3-5-7-14)16-10-12-8-13(11-18)15(16)9-12/h3-7,12-13,15-16H,8-10H2,1-2H3. The van der Waals surface area contributed by atoms with Crippen molar-refractivity contribution in [1.29, 1.82) is 5.26 Å². The molecule has 0 radical (unpaired) electrons. The Hall–Kier alpha value is -1.29. The van der Waals surface area contributed by atoms with Crippen molar-refractivity contribution in [1.82, 2.24) is 0 Å². The number of fused-ring (bicyclic) bond motifs is 2. The Morgan fingerprint density at radius 3 is 2.44 bits per heavy atom. The lowest BCUT2D eigenvalue weighted by Gasteiger charge is -2.39. The summed E-state index contributed by atoms with van der Waals surface area (Å²) in [4.78, 5) is 0. The Balaban J connectivity index is 1.90. The molecule has 3 rings (SSSR count). The molecule has 2 bridgehead atoms. The zero-order chi connectivity index (χ0) is 12.8. The van der Waals surface area contributed by atoms with Crippen LogP contribution in [-0.2, 0) is 5.41 Å². The van der Waals surface area contributed by atoms with Crippen LogP contribution in [0.4, 0.5) is 0 Å². The zero-order valence-corrected chi connectivity index (χ0v) is 11.3. The van der Waals surface area contributed by atoms with E-state index in [-0.39, 0.29) is 5.41 Å². The van der Waals surface area contributed by atoms with Crippen molar-refractivity contribution in [3.8, 4) is 6.07 Å². The van der Waals surface area contributed by atoms with E-state index in [1.165, 1.54) is 18.4 Å². The predicted molar refractivity (Wildman–Crippen MR) is 72.9 cm³/mol. The number of hydrogen-bond acceptors (Lipinski definition) is 1. The summed E-state index contributed by atoms with van der Waals surface area (Å²) in [7, 11) is 0. The molecule has 1 aromatic carbocycles. The summed E-state index contributed by atoms with van der Waals surface area (Å²) in [6, 6.07) is 13.4. The monoisotopic (exact) mass is 239 g/mol. The molecule has 0 heterocycles. The molecule has 94 valence electrons. The van der Waals surface area contributed by atoms with Crippen LogP contribution in [-0.4, -0.2) is 0 Å². The van der Waals surface area contributed by atoms with Gasteiger partial charge in [-0.15, -0.1) is 0 Å². The van der Waals surface area contributed by atoms with Crippen LogP contribution in [0.1, 0.15) is 38.7 Å². The highest BCUT2D eigenvalue weighted by atomic mass is 14.6. The first-order valence-corrected chi connectivity index (χ1v) is 7.08. The lowest BCUT2D eigenvalue weighted by Crippen LogP contribution is -2.35. The minimum Gasteiger partial charge on any atom is -0.198 e. The van der Waals surface area contributed by atoms with Crippen LogP contribution < -0.4 is 0 Å². The average Bonchev–Trinajstić information content (AvgIpc) is 2.99. The van der Waals surface area contributed by atoms with Gasteiger partial charge in [-0.1, -0.05) is 44.2 Å². The first kappa shape index (κ1) is 11.8. The summed E-state index contributed by atoms with van der Waals surface area (Å²) in [5.74, 6) is 2.45. The van der Waals surface area contributed by atoms with Crippen molar-refractivity contribution in [2.75, 3.05) is 0 Å². The van der Waals surface area contributed by atoms with Gasteiger partial charge in [0.05, 0.1) is 6.07 Å². The highest BCUT2D eigenvalue weighted by molar-refractivity contribution is 5.26. The third-order valence-corrected chi connectivity index (χ3v) is 5.42. The Kier molecular flexibility index (Phi) is 2.70.